The number of carbonyl (C=O) groups is 2. The van der Waals surface area contributed by atoms with Gasteiger partial charge >= 0.3 is 5.97 Å². The first-order valence-electron chi connectivity index (χ1n) is 7.45. The van der Waals surface area contributed by atoms with Crippen LogP contribution in [0.25, 0.3) is 0 Å². The molecule has 2 rings (SSSR count). The van der Waals surface area contributed by atoms with Crippen LogP contribution in [0.15, 0.2) is 18.2 Å². The van der Waals surface area contributed by atoms with Crippen LogP contribution in [0.3, 0.4) is 0 Å². The van der Waals surface area contributed by atoms with Gasteiger partial charge in [0.2, 0.25) is 0 Å². The maximum absolute atomic E-state index is 11.8. The van der Waals surface area contributed by atoms with Crippen molar-refractivity contribution in [2.75, 3.05) is 11.9 Å². The highest BCUT2D eigenvalue weighted by atomic mass is 35.5. The molecule has 120 valence electrons. The molecule has 0 aliphatic heterocycles. The van der Waals surface area contributed by atoms with E-state index in [1.165, 1.54) is 25.7 Å². The second-order valence-electron chi connectivity index (χ2n) is 5.49. The molecular weight excluding hydrogens is 325 g/mol. The lowest BCUT2D eigenvalue weighted by Gasteiger charge is -2.10. The van der Waals surface area contributed by atoms with E-state index in [0.29, 0.717) is 28.1 Å². The van der Waals surface area contributed by atoms with E-state index in [1.807, 2.05) is 0 Å². The van der Waals surface area contributed by atoms with Crippen LogP contribution in [-0.2, 0) is 14.3 Å². The molecule has 0 aromatic heterocycles. The zero-order valence-electron chi connectivity index (χ0n) is 12.2. The summed E-state index contributed by atoms with van der Waals surface area (Å²) in [5.74, 6) is -0.167. The first-order valence-corrected chi connectivity index (χ1v) is 8.21. The highest BCUT2D eigenvalue weighted by Gasteiger charge is 2.17. The molecule has 1 aromatic carbocycles. The Balaban J connectivity index is 1.71. The molecule has 22 heavy (non-hydrogen) atoms. The number of para-hydroxylation sites is 1. The fourth-order valence-corrected chi connectivity index (χ4v) is 3.12. The Bertz CT molecular complexity index is 522. The zero-order chi connectivity index (χ0) is 15.9. The van der Waals surface area contributed by atoms with Crippen LogP contribution >= 0.6 is 23.2 Å². The minimum Gasteiger partial charge on any atom is -0.456 e. The van der Waals surface area contributed by atoms with Crippen molar-refractivity contribution in [3.05, 3.63) is 28.2 Å². The Hall–Kier alpha value is -1.26. The van der Waals surface area contributed by atoms with Crippen molar-refractivity contribution >= 4 is 40.8 Å². The van der Waals surface area contributed by atoms with Gasteiger partial charge in [-0.3, -0.25) is 9.59 Å². The molecule has 0 bridgehead atoms. The number of carbonyl (C=O) groups excluding carboxylic acids is 2. The average Bonchev–Trinajstić information content (AvgIpc) is 3.00. The van der Waals surface area contributed by atoms with Crippen LogP contribution in [0, 0.1) is 5.92 Å². The summed E-state index contributed by atoms with van der Waals surface area (Å²) >= 11 is 11.9. The highest BCUT2D eigenvalue weighted by molar-refractivity contribution is 6.39. The van der Waals surface area contributed by atoms with Crippen molar-refractivity contribution in [2.45, 2.75) is 38.5 Å². The quantitative estimate of drug-likeness (QED) is 0.776. The van der Waals surface area contributed by atoms with Crippen LogP contribution in [-0.4, -0.2) is 18.5 Å². The normalized spacial score (nSPS) is 14.8. The van der Waals surface area contributed by atoms with Gasteiger partial charge in [0, 0.05) is 6.42 Å². The van der Waals surface area contributed by atoms with Crippen LogP contribution in [0.5, 0.6) is 0 Å². The minimum atomic E-state index is -0.454. The van der Waals surface area contributed by atoms with Crippen molar-refractivity contribution in [3.63, 3.8) is 0 Å². The van der Waals surface area contributed by atoms with Crippen molar-refractivity contribution in [2.24, 2.45) is 5.92 Å². The Kier molecular flexibility index (Phi) is 6.52. The molecule has 1 fully saturated rings. The molecule has 1 aliphatic rings. The summed E-state index contributed by atoms with van der Waals surface area (Å²) in [4.78, 5) is 23.4. The molecule has 0 heterocycles. The minimum absolute atomic E-state index is 0.328. The lowest BCUT2D eigenvalue weighted by atomic mass is 10.0. The topological polar surface area (TPSA) is 55.4 Å². The molecule has 6 heteroatoms. The second kappa shape index (κ2) is 8.39. The fraction of sp³-hybridized carbons (Fsp3) is 0.500. The maximum Gasteiger partial charge on any atom is 0.306 e. The van der Waals surface area contributed by atoms with Gasteiger partial charge in [0.05, 0.1) is 15.7 Å². The number of hydrogen-bond acceptors (Lipinski definition) is 3. The monoisotopic (exact) mass is 343 g/mol. The first kappa shape index (κ1) is 17.1. The molecule has 0 spiro atoms. The summed E-state index contributed by atoms with van der Waals surface area (Å²) in [7, 11) is 0. The standard InChI is InChI=1S/C16H19Cl2NO3/c17-12-6-3-7-13(18)16(12)19-14(20)10-22-15(21)9-8-11-4-1-2-5-11/h3,6-7,11H,1-2,4-5,8-10H2,(H,19,20). The van der Waals surface area contributed by atoms with Crippen molar-refractivity contribution in [3.8, 4) is 0 Å². The third-order valence-electron chi connectivity index (χ3n) is 3.82. The van der Waals surface area contributed by atoms with E-state index in [1.54, 1.807) is 18.2 Å². The van der Waals surface area contributed by atoms with Crippen LogP contribution in [0.4, 0.5) is 5.69 Å². The zero-order valence-corrected chi connectivity index (χ0v) is 13.8. The molecule has 0 radical (unpaired) electrons. The molecule has 0 atom stereocenters. The Morgan fingerprint density at radius 1 is 1.18 bits per heavy atom. The number of nitrogens with one attached hydrogen (secondary N) is 1. The Morgan fingerprint density at radius 3 is 2.45 bits per heavy atom. The first-order chi connectivity index (χ1) is 10.6. The van der Waals surface area contributed by atoms with E-state index in [-0.39, 0.29) is 12.6 Å². The van der Waals surface area contributed by atoms with E-state index in [9.17, 15) is 9.59 Å². The van der Waals surface area contributed by atoms with Crippen LogP contribution in [0.2, 0.25) is 10.0 Å². The molecular formula is C16H19Cl2NO3. The Morgan fingerprint density at radius 2 is 1.82 bits per heavy atom. The number of amides is 1. The number of halogens is 2. The van der Waals surface area contributed by atoms with Gasteiger partial charge in [-0.15, -0.1) is 0 Å². The van der Waals surface area contributed by atoms with Gasteiger partial charge in [-0.2, -0.15) is 0 Å². The SMILES string of the molecule is O=C(COC(=O)CCC1CCCC1)Nc1c(Cl)cccc1Cl. The lowest BCUT2D eigenvalue weighted by Crippen LogP contribution is -2.21. The van der Waals surface area contributed by atoms with Crippen molar-refractivity contribution < 1.29 is 14.3 Å². The van der Waals surface area contributed by atoms with Gasteiger partial charge in [-0.25, -0.2) is 0 Å². The van der Waals surface area contributed by atoms with Crippen molar-refractivity contribution in [1.82, 2.24) is 0 Å². The molecule has 1 aromatic rings. The van der Waals surface area contributed by atoms with E-state index in [0.717, 1.165) is 6.42 Å². The highest BCUT2D eigenvalue weighted by Crippen LogP contribution is 2.30. The predicted molar refractivity (Wildman–Crippen MR) is 87.2 cm³/mol. The summed E-state index contributed by atoms with van der Waals surface area (Å²) < 4.78 is 4.98. The second-order valence-corrected chi connectivity index (χ2v) is 6.31. The Labute approximate surface area is 140 Å². The largest absolute Gasteiger partial charge is 0.456 e. The molecule has 0 unspecified atom stereocenters. The van der Waals surface area contributed by atoms with Gasteiger partial charge in [-0.1, -0.05) is 55.0 Å². The van der Waals surface area contributed by atoms with E-state index in [2.05, 4.69) is 5.32 Å². The number of ether oxygens (including phenoxy) is 1. The molecule has 1 saturated carbocycles. The summed E-state index contributed by atoms with van der Waals surface area (Å²) in [5.41, 5.74) is 0.331. The average molecular weight is 344 g/mol. The number of benzene rings is 1. The molecule has 4 nitrogen and oxygen atoms in total. The van der Waals surface area contributed by atoms with Crippen LogP contribution < -0.4 is 5.32 Å². The van der Waals surface area contributed by atoms with E-state index < -0.39 is 5.91 Å². The smallest absolute Gasteiger partial charge is 0.306 e. The molecule has 1 aliphatic carbocycles. The molecule has 0 saturated heterocycles. The predicted octanol–water partition coefficient (Wildman–Crippen LogP) is 4.45. The van der Waals surface area contributed by atoms with Gasteiger partial charge < -0.3 is 10.1 Å². The van der Waals surface area contributed by atoms with E-state index in [4.69, 9.17) is 27.9 Å². The number of hydrogen-bond donors (Lipinski definition) is 1. The maximum atomic E-state index is 11.8. The third-order valence-corrected chi connectivity index (χ3v) is 4.45. The van der Waals surface area contributed by atoms with Gasteiger partial charge in [0.25, 0.3) is 5.91 Å². The van der Waals surface area contributed by atoms with Gasteiger partial charge in [0.15, 0.2) is 6.61 Å². The number of esters is 1. The fourth-order valence-electron chi connectivity index (χ4n) is 2.63. The van der Waals surface area contributed by atoms with Crippen molar-refractivity contribution in [1.29, 1.82) is 0 Å². The van der Waals surface area contributed by atoms with Gasteiger partial charge in [0.1, 0.15) is 0 Å². The summed E-state index contributed by atoms with van der Waals surface area (Å²) in [6, 6.07) is 4.93. The summed E-state index contributed by atoms with van der Waals surface area (Å²) in [6.45, 7) is -0.328. The lowest BCUT2D eigenvalue weighted by molar-refractivity contribution is -0.147. The summed E-state index contributed by atoms with van der Waals surface area (Å²) in [5, 5.41) is 3.23. The number of anilines is 1. The molecule has 1 amide bonds. The molecule has 1 N–H and O–H groups in total. The third kappa shape index (κ3) is 5.18. The van der Waals surface area contributed by atoms with Gasteiger partial charge in [-0.05, 0) is 24.5 Å². The number of rotatable bonds is 6. The van der Waals surface area contributed by atoms with Crippen LogP contribution in [0.1, 0.15) is 38.5 Å². The van der Waals surface area contributed by atoms with E-state index >= 15 is 0 Å². The summed E-state index contributed by atoms with van der Waals surface area (Å²) in [6.07, 6.45) is 6.10.